The van der Waals surface area contributed by atoms with Gasteiger partial charge in [-0.3, -0.25) is 4.79 Å². The molecule has 0 bridgehead atoms. The summed E-state index contributed by atoms with van der Waals surface area (Å²) in [5.41, 5.74) is 8.24. The molecule has 8 nitrogen and oxygen atoms in total. The van der Waals surface area contributed by atoms with Gasteiger partial charge in [-0.1, -0.05) is 42.5 Å². The van der Waals surface area contributed by atoms with Crippen molar-refractivity contribution in [3.05, 3.63) is 65.7 Å². The van der Waals surface area contributed by atoms with E-state index in [0.717, 1.165) is 63.1 Å². The van der Waals surface area contributed by atoms with Crippen LogP contribution in [0.25, 0.3) is 0 Å². The SMILES string of the molecule is NCc1cccc(NC(=O)[C@@H](NC(=O)OCc2ccccc2)C2CCN(C3CCOCC3)CC2)c1. The van der Waals surface area contributed by atoms with Gasteiger partial charge in [0.25, 0.3) is 0 Å². The number of hydrogen-bond donors (Lipinski definition) is 3. The molecule has 0 saturated carbocycles. The highest BCUT2D eigenvalue weighted by Gasteiger charge is 2.35. The molecule has 0 aliphatic carbocycles. The zero-order valence-electron chi connectivity index (χ0n) is 20.2. The Kier molecular flexibility index (Phi) is 9.11. The van der Waals surface area contributed by atoms with Crippen molar-refractivity contribution in [2.75, 3.05) is 31.6 Å². The summed E-state index contributed by atoms with van der Waals surface area (Å²) in [5, 5.41) is 5.84. The number of nitrogens with two attached hydrogens (primary N) is 1. The normalized spacial score (nSPS) is 18.5. The summed E-state index contributed by atoms with van der Waals surface area (Å²) < 4.78 is 10.9. The van der Waals surface area contributed by atoms with Crippen molar-refractivity contribution in [3.63, 3.8) is 0 Å². The molecule has 2 aromatic rings. The van der Waals surface area contributed by atoms with Crippen molar-refractivity contribution in [1.29, 1.82) is 0 Å². The van der Waals surface area contributed by atoms with Gasteiger partial charge in [0.1, 0.15) is 12.6 Å². The highest BCUT2D eigenvalue weighted by molar-refractivity contribution is 5.96. The molecule has 4 rings (SSSR count). The summed E-state index contributed by atoms with van der Waals surface area (Å²) in [6.07, 6.45) is 3.18. The number of nitrogens with zero attached hydrogens (tertiary/aromatic N) is 1. The maximum atomic E-state index is 13.4. The zero-order chi connectivity index (χ0) is 24.5. The zero-order valence-corrected chi connectivity index (χ0v) is 20.2. The van der Waals surface area contributed by atoms with Crippen molar-refractivity contribution in [1.82, 2.24) is 10.2 Å². The van der Waals surface area contributed by atoms with E-state index in [4.69, 9.17) is 15.2 Å². The van der Waals surface area contributed by atoms with Crippen molar-refractivity contribution in [2.24, 2.45) is 11.7 Å². The van der Waals surface area contributed by atoms with Gasteiger partial charge >= 0.3 is 6.09 Å². The van der Waals surface area contributed by atoms with E-state index in [9.17, 15) is 9.59 Å². The first-order valence-electron chi connectivity index (χ1n) is 12.5. The maximum Gasteiger partial charge on any atom is 0.408 e. The minimum Gasteiger partial charge on any atom is -0.445 e. The molecule has 2 fully saturated rings. The fourth-order valence-corrected chi connectivity index (χ4v) is 4.95. The van der Waals surface area contributed by atoms with Crippen molar-refractivity contribution in [2.45, 2.75) is 50.9 Å². The van der Waals surface area contributed by atoms with Crippen molar-refractivity contribution < 1.29 is 19.1 Å². The molecule has 1 atom stereocenters. The summed E-state index contributed by atoms with van der Waals surface area (Å²) in [7, 11) is 0. The average molecular weight is 481 g/mol. The highest BCUT2D eigenvalue weighted by atomic mass is 16.5. The molecule has 0 spiro atoms. The van der Waals surface area contributed by atoms with E-state index in [0.29, 0.717) is 18.3 Å². The van der Waals surface area contributed by atoms with Gasteiger partial charge in [0.05, 0.1) is 0 Å². The van der Waals surface area contributed by atoms with Crippen LogP contribution in [0.4, 0.5) is 10.5 Å². The molecule has 4 N–H and O–H groups in total. The molecular weight excluding hydrogens is 444 g/mol. The van der Waals surface area contributed by atoms with E-state index in [1.54, 1.807) is 0 Å². The number of carbonyl (C=O) groups excluding carboxylic acids is 2. The van der Waals surface area contributed by atoms with Crippen LogP contribution in [0.5, 0.6) is 0 Å². The van der Waals surface area contributed by atoms with E-state index in [1.807, 2.05) is 54.6 Å². The second-order valence-electron chi connectivity index (χ2n) is 9.29. The Labute approximate surface area is 207 Å². The number of anilines is 1. The number of piperidine rings is 1. The Morgan fingerprint density at radius 3 is 2.43 bits per heavy atom. The molecule has 188 valence electrons. The predicted molar refractivity (Wildman–Crippen MR) is 135 cm³/mol. The summed E-state index contributed by atoms with van der Waals surface area (Å²) >= 11 is 0. The second-order valence-corrected chi connectivity index (χ2v) is 9.29. The molecule has 0 unspecified atom stereocenters. The monoisotopic (exact) mass is 480 g/mol. The Bertz CT molecular complexity index is 957. The summed E-state index contributed by atoms with van der Waals surface area (Å²) in [6.45, 7) is 3.98. The van der Waals surface area contributed by atoms with Crippen LogP contribution in [0.15, 0.2) is 54.6 Å². The molecular formula is C27H36N4O4. The van der Waals surface area contributed by atoms with Gasteiger partial charge in [0, 0.05) is 31.5 Å². The number of alkyl carbamates (subject to hydrolysis) is 1. The Morgan fingerprint density at radius 2 is 1.71 bits per heavy atom. The number of hydrogen-bond acceptors (Lipinski definition) is 6. The van der Waals surface area contributed by atoms with Crippen molar-refractivity contribution in [3.8, 4) is 0 Å². The van der Waals surface area contributed by atoms with Crippen molar-refractivity contribution >= 4 is 17.7 Å². The van der Waals surface area contributed by atoms with E-state index >= 15 is 0 Å². The molecule has 2 saturated heterocycles. The minimum atomic E-state index is -0.684. The third kappa shape index (κ3) is 7.27. The molecule has 0 aromatic heterocycles. The van der Waals surface area contributed by atoms with Gasteiger partial charge in [-0.15, -0.1) is 0 Å². The van der Waals surface area contributed by atoms with Crippen LogP contribution in [-0.2, 0) is 27.4 Å². The number of likely N-dealkylation sites (tertiary alicyclic amines) is 1. The summed E-state index contributed by atoms with van der Waals surface area (Å²) in [5.74, 6) is -0.214. The summed E-state index contributed by atoms with van der Waals surface area (Å²) in [4.78, 5) is 28.6. The molecule has 2 heterocycles. The fourth-order valence-electron chi connectivity index (χ4n) is 4.95. The third-order valence-corrected chi connectivity index (χ3v) is 6.95. The first kappa shape index (κ1) is 25.2. The quantitative estimate of drug-likeness (QED) is 0.536. The van der Waals surface area contributed by atoms with Crippen LogP contribution < -0.4 is 16.4 Å². The van der Waals surface area contributed by atoms with Gasteiger partial charge in [-0.2, -0.15) is 0 Å². The molecule has 2 aliphatic rings. The van der Waals surface area contributed by atoms with E-state index in [1.165, 1.54) is 0 Å². The van der Waals surface area contributed by atoms with Gasteiger partial charge in [0.2, 0.25) is 5.91 Å². The van der Waals surface area contributed by atoms with Crippen LogP contribution in [0.3, 0.4) is 0 Å². The van der Waals surface area contributed by atoms with E-state index < -0.39 is 12.1 Å². The van der Waals surface area contributed by atoms with Crippen LogP contribution in [0.1, 0.15) is 36.8 Å². The van der Waals surface area contributed by atoms with Gasteiger partial charge in [-0.05, 0) is 68.0 Å². The maximum absolute atomic E-state index is 13.4. The largest absolute Gasteiger partial charge is 0.445 e. The Balaban J connectivity index is 1.40. The second kappa shape index (κ2) is 12.7. The number of ether oxygens (including phenoxy) is 2. The van der Waals surface area contributed by atoms with E-state index in [2.05, 4.69) is 15.5 Å². The number of amides is 2. The predicted octanol–water partition coefficient (Wildman–Crippen LogP) is 3.27. The highest BCUT2D eigenvalue weighted by Crippen LogP contribution is 2.26. The lowest BCUT2D eigenvalue weighted by atomic mass is 9.87. The Hall–Kier alpha value is -2.94. The lowest BCUT2D eigenvalue weighted by molar-refractivity contribution is -0.119. The first-order chi connectivity index (χ1) is 17.1. The lowest BCUT2D eigenvalue weighted by Gasteiger charge is -2.40. The van der Waals surface area contributed by atoms with E-state index in [-0.39, 0.29) is 18.4 Å². The lowest BCUT2D eigenvalue weighted by Crippen LogP contribution is -2.53. The number of nitrogens with one attached hydrogen (secondary N) is 2. The van der Waals surface area contributed by atoms with Crippen LogP contribution in [-0.4, -0.2) is 55.3 Å². The Morgan fingerprint density at radius 1 is 1.00 bits per heavy atom. The fraction of sp³-hybridized carbons (Fsp3) is 0.481. The number of carbonyl (C=O) groups is 2. The number of rotatable bonds is 8. The topological polar surface area (TPSA) is 106 Å². The number of benzene rings is 2. The van der Waals surface area contributed by atoms with Crippen LogP contribution >= 0.6 is 0 Å². The summed E-state index contributed by atoms with van der Waals surface area (Å²) in [6, 6.07) is 16.8. The molecule has 0 radical (unpaired) electrons. The smallest absolute Gasteiger partial charge is 0.408 e. The molecule has 8 heteroatoms. The average Bonchev–Trinajstić information content (AvgIpc) is 2.92. The molecule has 2 aliphatic heterocycles. The van der Waals surface area contributed by atoms with Gasteiger partial charge in [0.15, 0.2) is 0 Å². The van der Waals surface area contributed by atoms with Crippen LogP contribution in [0.2, 0.25) is 0 Å². The third-order valence-electron chi connectivity index (χ3n) is 6.95. The van der Waals surface area contributed by atoms with Crippen LogP contribution in [0, 0.1) is 5.92 Å². The first-order valence-corrected chi connectivity index (χ1v) is 12.5. The minimum absolute atomic E-state index is 0.0213. The molecule has 35 heavy (non-hydrogen) atoms. The molecule has 2 amide bonds. The van der Waals surface area contributed by atoms with Gasteiger partial charge < -0.3 is 30.7 Å². The van der Waals surface area contributed by atoms with Gasteiger partial charge in [-0.25, -0.2) is 4.79 Å². The molecule has 2 aromatic carbocycles. The standard InChI is InChI=1S/C27H36N4O4/c28-18-21-7-4-8-23(17-21)29-26(32)25(30-27(33)35-19-20-5-2-1-3-6-20)22-9-13-31(14-10-22)24-11-15-34-16-12-24/h1-8,17,22,24-25H,9-16,18-19,28H2,(H,29,32)(H,30,33)/t25-/m0/s1.